The first kappa shape index (κ1) is 25.2. The number of nitrogens with zero attached hydrogens (tertiary/aromatic N) is 1. The summed E-state index contributed by atoms with van der Waals surface area (Å²) >= 11 is 0. The number of aliphatic imine (C=N–C) groups is 1. The molecule has 0 atom stereocenters. The van der Waals surface area contributed by atoms with Crippen LogP contribution in [-0.2, 0) is 24.5 Å². The molecule has 2 aromatic rings. The zero-order chi connectivity index (χ0) is 20.2. The van der Waals surface area contributed by atoms with Crippen molar-refractivity contribution < 1.29 is 17.9 Å². The van der Waals surface area contributed by atoms with Gasteiger partial charge in [-0.25, -0.2) is 4.99 Å². The lowest BCUT2D eigenvalue weighted by molar-refractivity contribution is -0.132. The SMILES string of the molecule is CCNC(=NCc1ccccc1COCc1ccccc1)NCCC(F)(F)F.I. The fraction of sp³-hybridized carbons (Fsp3) is 0.381. The lowest BCUT2D eigenvalue weighted by Gasteiger charge is -2.13. The average molecular weight is 521 g/mol. The Morgan fingerprint density at radius 3 is 2.24 bits per heavy atom. The Hall–Kier alpha value is -1.81. The molecule has 160 valence electrons. The summed E-state index contributed by atoms with van der Waals surface area (Å²) in [6.45, 7) is 3.54. The van der Waals surface area contributed by atoms with Crippen molar-refractivity contribution in [3.05, 3.63) is 71.3 Å². The molecule has 2 aromatic carbocycles. The molecule has 0 aromatic heterocycles. The second-order valence-electron chi connectivity index (χ2n) is 6.23. The second kappa shape index (κ2) is 13.4. The molecule has 2 N–H and O–H groups in total. The molecule has 0 radical (unpaired) electrons. The van der Waals surface area contributed by atoms with Crippen molar-refractivity contribution in [2.24, 2.45) is 4.99 Å². The molecule has 2 rings (SSSR count). The predicted octanol–water partition coefficient (Wildman–Crippen LogP) is 5.03. The van der Waals surface area contributed by atoms with Gasteiger partial charge in [-0.2, -0.15) is 13.2 Å². The van der Waals surface area contributed by atoms with E-state index in [1.165, 1.54) is 0 Å². The van der Waals surface area contributed by atoms with Crippen LogP contribution in [0.5, 0.6) is 0 Å². The lowest BCUT2D eigenvalue weighted by Crippen LogP contribution is -2.38. The molecule has 0 aliphatic rings. The van der Waals surface area contributed by atoms with Crippen molar-refractivity contribution in [2.45, 2.75) is 39.3 Å². The minimum atomic E-state index is -4.19. The van der Waals surface area contributed by atoms with Gasteiger partial charge in [-0.3, -0.25) is 0 Å². The van der Waals surface area contributed by atoms with E-state index in [4.69, 9.17) is 4.74 Å². The summed E-state index contributed by atoms with van der Waals surface area (Å²) in [6.07, 6.45) is -5.09. The Morgan fingerprint density at radius 1 is 0.931 bits per heavy atom. The van der Waals surface area contributed by atoms with E-state index in [9.17, 15) is 13.2 Å². The van der Waals surface area contributed by atoms with E-state index >= 15 is 0 Å². The maximum absolute atomic E-state index is 12.3. The molecule has 8 heteroatoms. The van der Waals surface area contributed by atoms with Crippen LogP contribution in [0.3, 0.4) is 0 Å². The third-order valence-electron chi connectivity index (χ3n) is 3.94. The Balaban J connectivity index is 0.00000420. The molecule has 0 aliphatic heterocycles. The largest absolute Gasteiger partial charge is 0.390 e. The fourth-order valence-electron chi connectivity index (χ4n) is 2.53. The van der Waals surface area contributed by atoms with Crippen LogP contribution in [0.2, 0.25) is 0 Å². The first-order valence-electron chi connectivity index (χ1n) is 9.25. The smallest absolute Gasteiger partial charge is 0.372 e. The predicted molar refractivity (Wildman–Crippen MR) is 120 cm³/mol. The molecule has 4 nitrogen and oxygen atoms in total. The zero-order valence-electron chi connectivity index (χ0n) is 16.3. The van der Waals surface area contributed by atoms with E-state index in [0.717, 1.165) is 16.7 Å². The van der Waals surface area contributed by atoms with Crippen LogP contribution in [0, 0.1) is 0 Å². The highest BCUT2D eigenvalue weighted by atomic mass is 127. The van der Waals surface area contributed by atoms with Gasteiger partial charge in [0.1, 0.15) is 0 Å². The highest BCUT2D eigenvalue weighted by Gasteiger charge is 2.26. The van der Waals surface area contributed by atoms with Gasteiger partial charge in [-0.15, -0.1) is 24.0 Å². The summed E-state index contributed by atoms with van der Waals surface area (Å²) < 4.78 is 42.8. The third kappa shape index (κ3) is 10.5. The summed E-state index contributed by atoms with van der Waals surface area (Å²) in [5.74, 6) is 0.367. The third-order valence-corrected chi connectivity index (χ3v) is 3.94. The Labute approximate surface area is 187 Å². The molecule has 0 heterocycles. The number of guanidine groups is 1. The number of hydrogen-bond donors (Lipinski definition) is 2. The molecule has 0 saturated carbocycles. The zero-order valence-corrected chi connectivity index (χ0v) is 18.7. The van der Waals surface area contributed by atoms with Crippen molar-refractivity contribution in [1.82, 2.24) is 10.6 Å². The van der Waals surface area contributed by atoms with Crippen molar-refractivity contribution >= 4 is 29.9 Å². The highest BCUT2D eigenvalue weighted by molar-refractivity contribution is 14.0. The number of hydrogen-bond acceptors (Lipinski definition) is 2. The monoisotopic (exact) mass is 521 g/mol. The van der Waals surface area contributed by atoms with Crippen molar-refractivity contribution in [1.29, 1.82) is 0 Å². The number of ether oxygens (including phenoxy) is 1. The molecule has 29 heavy (non-hydrogen) atoms. The van der Waals surface area contributed by atoms with Gasteiger partial charge in [0.25, 0.3) is 0 Å². The van der Waals surface area contributed by atoms with E-state index in [1.54, 1.807) is 0 Å². The van der Waals surface area contributed by atoms with Gasteiger partial charge in [0.05, 0.1) is 26.2 Å². The van der Waals surface area contributed by atoms with Crippen LogP contribution in [0.1, 0.15) is 30.0 Å². The standard InChI is InChI=1S/C21H26F3N3O.HI/c1-2-25-20(26-13-12-21(22,23)24)27-14-18-10-6-7-11-19(18)16-28-15-17-8-4-3-5-9-17;/h3-11H,2,12-16H2,1H3,(H2,25,26,27);1H. The van der Waals surface area contributed by atoms with Crippen LogP contribution in [0.15, 0.2) is 59.6 Å². The normalized spacial score (nSPS) is 11.7. The molecule has 0 saturated heterocycles. The summed E-state index contributed by atoms with van der Waals surface area (Å²) in [4.78, 5) is 4.40. The van der Waals surface area contributed by atoms with Crippen LogP contribution in [0.4, 0.5) is 13.2 Å². The number of rotatable bonds is 9. The fourth-order valence-corrected chi connectivity index (χ4v) is 2.53. The Morgan fingerprint density at radius 2 is 1.59 bits per heavy atom. The van der Waals surface area contributed by atoms with Gasteiger partial charge < -0.3 is 15.4 Å². The van der Waals surface area contributed by atoms with Crippen LogP contribution in [0.25, 0.3) is 0 Å². The highest BCUT2D eigenvalue weighted by Crippen LogP contribution is 2.18. The van der Waals surface area contributed by atoms with E-state index in [1.807, 2.05) is 61.5 Å². The maximum Gasteiger partial charge on any atom is 0.390 e. The Bertz CT molecular complexity index is 739. The molecule has 0 fully saturated rings. The number of benzene rings is 2. The quantitative estimate of drug-likeness (QED) is 0.277. The second-order valence-corrected chi connectivity index (χ2v) is 6.23. The number of nitrogens with one attached hydrogen (secondary N) is 2. The summed E-state index contributed by atoms with van der Waals surface area (Å²) in [7, 11) is 0. The number of halogens is 4. The summed E-state index contributed by atoms with van der Waals surface area (Å²) in [5, 5.41) is 5.68. The average Bonchev–Trinajstić information content (AvgIpc) is 2.67. The maximum atomic E-state index is 12.3. The molecule has 0 aliphatic carbocycles. The van der Waals surface area contributed by atoms with Crippen molar-refractivity contribution in [2.75, 3.05) is 13.1 Å². The molecular formula is C21H27F3IN3O. The minimum absolute atomic E-state index is 0. The van der Waals surface area contributed by atoms with Crippen LogP contribution < -0.4 is 10.6 Å². The topological polar surface area (TPSA) is 45.7 Å². The van der Waals surface area contributed by atoms with Gasteiger partial charge in [-0.1, -0.05) is 54.6 Å². The van der Waals surface area contributed by atoms with Gasteiger partial charge >= 0.3 is 6.18 Å². The van der Waals surface area contributed by atoms with E-state index in [0.29, 0.717) is 32.3 Å². The van der Waals surface area contributed by atoms with Gasteiger partial charge in [0, 0.05) is 13.1 Å². The Kier molecular flexibility index (Phi) is 11.7. The summed E-state index contributed by atoms with van der Waals surface area (Å²) in [6, 6.07) is 17.7. The molecule has 0 spiro atoms. The number of alkyl halides is 3. The summed E-state index contributed by atoms with van der Waals surface area (Å²) in [5.41, 5.74) is 3.08. The van der Waals surface area contributed by atoms with Crippen LogP contribution in [-0.4, -0.2) is 25.2 Å². The molecule has 0 bridgehead atoms. The lowest BCUT2D eigenvalue weighted by atomic mass is 10.1. The van der Waals surface area contributed by atoms with Crippen molar-refractivity contribution in [3.8, 4) is 0 Å². The van der Waals surface area contributed by atoms with E-state index in [2.05, 4.69) is 15.6 Å². The van der Waals surface area contributed by atoms with Crippen molar-refractivity contribution in [3.63, 3.8) is 0 Å². The van der Waals surface area contributed by atoms with Crippen LogP contribution >= 0.6 is 24.0 Å². The van der Waals surface area contributed by atoms with Gasteiger partial charge in [0.2, 0.25) is 0 Å². The molecule has 0 unspecified atom stereocenters. The van der Waals surface area contributed by atoms with Gasteiger partial charge in [0.15, 0.2) is 5.96 Å². The first-order chi connectivity index (χ1) is 13.5. The minimum Gasteiger partial charge on any atom is -0.372 e. The first-order valence-corrected chi connectivity index (χ1v) is 9.25. The molecule has 0 amide bonds. The molecular weight excluding hydrogens is 494 g/mol. The van der Waals surface area contributed by atoms with E-state index in [-0.39, 0.29) is 30.5 Å². The van der Waals surface area contributed by atoms with Gasteiger partial charge in [-0.05, 0) is 23.6 Å². The van der Waals surface area contributed by atoms with E-state index < -0.39 is 12.6 Å².